The molecular formula is C25H29ClFN5O5. The highest BCUT2D eigenvalue weighted by Gasteiger charge is 2.51. The number of likely N-dealkylation sites (N-methyl/N-ethyl adjacent to an activating group) is 1. The second kappa shape index (κ2) is 9.77. The third-order valence-corrected chi connectivity index (χ3v) is 7.93. The van der Waals surface area contributed by atoms with Crippen molar-refractivity contribution in [3.05, 3.63) is 57.0 Å². The number of fused-ring (bicyclic) bond motifs is 2. The average Bonchev–Trinajstić information content (AvgIpc) is 3.09. The molecule has 0 atom stereocenters. The molecule has 3 amide bonds. The van der Waals surface area contributed by atoms with E-state index in [0.29, 0.717) is 36.8 Å². The van der Waals surface area contributed by atoms with Crippen molar-refractivity contribution in [2.24, 2.45) is 5.41 Å². The Morgan fingerprint density at radius 3 is 2.49 bits per heavy atom. The third-order valence-electron chi connectivity index (χ3n) is 7.36. The van der Waals surface area contributed by atoms with Crippen LogP contribution in [0.2, 0.25) is 0 Å². The van der Waals surface area contributed by atoms with Gasteiger partial charge in [-0.1, -0.05) is 12.1 Å². The van der Waals surface area contributed by atoms with Crippen LogP contribution in [0.3, 0.4) is 0 Å². The number of benzene rings is 1. The molecule has 12 heteroatoms. The van der Waals surface area contributed by atoms with Gasteiger partial charge in [-0.05, 0) is 49.8 Å². The predicted octanol–water partition coefficient (Wildman–Crippen LogP) is 1.54. The fourth-order valence-electron chi connectivity index (χ4n) is 5.05. The number of alkyl halides is 1. The number of carbonyl (C=O) groups is 3. The lowest BCUT2D eigenvalue weighted by Crippen LogP contribution is -2.54. The van der Waals surface area contributed by atoms with Gasteiger partial charge in [0.15, 0.2) is 5.69 Å². The molecule has 37 heavy (non-hydrogen) atoms. The summed E-state index contributed by atoms with van der Waals surface area (Å²) in [5, 5.41) is 16.1. The Morgan fingerprint density at radius 1 is 1.22 bits per heavy atom. The van der Waals surface area contributed by atoms with Crippen molar-refractivity contribution in [2.45, 2.75) is 51.2 Å². The molecule has 1 saturated carbocycles. The molecule has 2 aromatic rings. The van der Waals surface area contributed by atoms with Crippen molar-refractivity contribution in [3.63, 3.8) is 0 Å². The van der Waals surface area contributed by atoms with Gasteiger partial charge in [-0.3, -0.25) is 23.7 Å². The maximum Gasteiger partial charge on any atom is 0.311 e. The molecular weight excluding hydrogens is 505 g/mol. The van der Waals surface area contributed by atoms with Gasteiger partial charge in [0.05, 0.1) is 5.54 Å². The minimum absolute atomic E-state index is 0.00800. The predicted molar refractivity (Wildman–Crippen MR) is 133 cm³/mol. The van der Waals surface area contributed by atoms with Crippen LogP contribution in [0, 0.1) is 18.2 Å². The maximum atomic E-state index is 13.6. The number of carbonyl (C=O) groups excluding carboxylic acids is 3. The lowest BCUT2D eigenvalue weighted by molar-refractivity contribution is -0.145. The van der Waals surface area contributed by atoms with Gasteiger partial charge in [0.25, 0.3) is 11.5 Å². The summed E-state index contributed by atoms with van der Waals surface area (Å²) in [5.41, 5.74) is -1.96. The highest BCUT2D eigenvalue weighted by atomic mass is 35.5. The van der Waals surface area contributed by atoms with Crippen molar-refractivity contribution in [1.29, 1.82) is 0 Å². The number of aryl methyl sites for hydroxylation is 1. The first-order valence-electron chi connectivity index (χ1n) is 11.9. The van der Waals surface area contributed by atoms with Gasteiger partial charge in [0.1, 0.15) is 11.6 Å². The SMILES string of the molecule is Cc1cc(CNC(=O)c2nc3n(c(=O)c2O)CC2(CCl)CCC3(NC(=O)C(=O)N(C)C)CC2)ccc1F. The number of amides is 3. The zero-order valence-electron chi connectivity index (χ0n) is 20.9. The summed E-state index contributed by atoms with van der Waals surface area (Å²) >= 11 is 6.30. The van der Waals surface area contributed by atoms with Crippen LogP contribution in [0.15, 0.2) is 23.0 Å². The molecule has 3 aliphatic rings. The molecule has 2 aliphatic heterocycles. The summed E-state index contributed by atoms with van der Waals surface area (Å²) in [7, 11) is 2.90. The van der Waals surface area contributed by atoms with E-state index in [1.807, 2.05) is 0 Å². The molecule has 0 radical (unpaired) electrons. The molecule has 0 saturated heterocycles. The van der Waals surface area contributed by atoms with Crippen molar-refractivity contribution in [2.75, 3.05) is 20.0 Å². The quantitative estimate of drug-likeness (QED) is 0.394. The Kier molecular flexibility index (Phi) is 7.02. The van der Waals surface area contributed by atoms with E-state index in [0.717, 1.165) is 4.90 Å². The first kappa shape index (κ1) is 26.6. The van der Waals surface area contributed by atoms with Crippen LogP contribution < -0.4 is 16.2 Å². The van der Waals surface area contributed by atoms with E-state index in [1.54, 1.807) is 13.0 Å². The number of nitrogens with one attached hydrogen (secondary N) is 2. The summed E-state index contributed by atoms with van der Waals surface area (Å²) < 4.78 is 14.8. The fraction of sp³-hybridized carbons (Fsp3) is 0.480. The normalized spacial score (nSPS) is 22.1. The maximum absolute atomic E-state index is 13.6. The number of rotatable bonds is 5. The standard InChI is InChI=1S/C25H29ClFN5O5/c1-14-10-15(4-5-16(14)27)11-28-19(34)17-18(33)21(36)32-13-24(12-26)6-8-25(9-7-24,23(32)29-17)30-20(35)22(37)31(2)3/h4-5,10,33H,6-9,11-13H2,1-3H3,(H,28,34)(H,30,35). The molecule has 10 nitrogen and oxygen atoms in total. The van der Waals surface area contributed by atoms with E-state index in [9.17, 15) is 28.7 Å². The van der Waals surface area contributed by atoms with Gasteiger partial charge in [-0.25, -0.2) is 9.37 Å². The second-order valence-electron chi connectivity index (χ2n) is 10.2. The van der Waals surface area contributed by atoms with Crippen LogP contribution in [-0.4, -0.2) is 57.3 Å². The van der Waals surface area contributed by atoms with Crippen molar-refractivity contribution >= 4 is 29.3 Å². The molecule has 3 N–H and O–H groups in total. The van der Waals surface area contributed by atoms with E-state index >= 15 is 0 Å². The average molecular weight is 534 g/mol. The number of hydrogen-bond acceptors (Lipinski definition) is 6. The van der Waals surface area contributed by atoms with Crippen LogP contribution in [0.1, 0.15) is 53.1 Å². The van der Waals surface area contributed by atoms with Crippen LogP contribution in [0.4, 0.5) is 4.39 Å². The first-order valence-corrected chi connectivity index (χ1v) is 12.4. The zero-order valence-corrected chi connectivity index (χ0v) is 21.6. The van der Waals surface area contributed by atoms with Crippen LogP contribution >= 0.6 is 11.6 Å². The van der Waals surface area contributed by atoms with E-state index in [-0.39, 0.29) is 30.6 Å². The number of aromatic hydroxyl groups is 1. The molecule has 1 aromatic carbocycles. The van der Waals surface area contributed by atoms with Crippen LogP contribution in [-0.2, 0) is 28.2 Å². The summed E-state index contributed by atoms with van der Waals surface area (Å²) in [6.45, 7) is 1.76. The molecule has 1 aliphatic carbocycles. The molecule has 1 fully saturated rings. The molecule has 198 valence electrons. The highest BCUT2D eigenvalue weighted by Crippen LogP contribution is 2.50. The fourth-order valence-corrected chi connectivity index (χ4v) is 5.40. The monoisotopic (exact) mass is 533 g/mol. The first-order chi connectivity index (χ1) is 17.4. The number of aromatic nitrogens is 2. The smallest absolute Gasteiger partial charge is 0.311 e. The molecule has 5 rings (SSSR count). The third kappa shape index (κ3) is 4.79. The summed E-state index contributed by atoms with van der Waals surface area (Å²) in [6, 6.07) is 4.37. The lowest BCUT2D eigenvalue weighted by Gasteiger charge is -2.41. The van der Waals surface area contributed by atoms with E-state index in [4.69, 9.17) is 11.6 Å². The second-order valence-corrected chi connectivity index (χ2v) is 10.4. The summed E-state index contributed by atoms with van der Waals surface area (Å²) in [6.07, 6.45) is 1.78. The van der Waals surface area contributed by atoms with E-state index in [1.165, 1.54) is 30.8 Å². The summed E-state index contributed by atoms with van der Waals surface area (Å²) in [4.78, 5) is 57.0. The lowest BCUT2D eigenvalue weighted by atomic mass is 9.69. The van der Waals surface area contributed by atoms with E-state index < -0.39 is 45.7 Å². The minimum atomic E-state index is -1.20. The van der Waals surface area contributed by atoms with Crippen molar-refractivity contribution < 1.29 is 23.9 Å². The minimum Gasteiger partial charge on any atom is -0.501 e. The Morgan fingerprint density at radius 2 is 1.89 bits per heavy atom. The van der Waals surface area contributed by atoms with Gasteiger partial charge in [-0.2, -0.15) is 0 Å². The van der Waals surface area contributed by atoms with E-state index in [2.05, 4.69) is 15.6 Å². The van der Waals surface area contributed by atoms with Gasteiger partial charge in [0.2, 0.25) is 5.75 Å². The molecule has 0 unspecified atom stereocenters. The zero-order chi connectivity index (χ0) is 27.1. The highest BCUT2D eigenvalue weighted by molar-refractivity contribution is 6.35. The topological polar surface area (TPSA) is 134 Å². The van der Waals surface area contributed by atoms with Gasteiger partial charge in [0, 0.05) is 38.5 Å². The van der Waals surface area contributed by atoms with Crippen molar-refractivity contribution in [1.82, 2.24) is 25.1 Å². The molecule has 2 bridgehead atoms. The number of halogens is 2. The van der Waals surface area contributed by atoms with Crippen LogP contribution in [0.25, 0.3) is 0 Å². The Bertz CT molecular complexity index is 1330. The Hall–Kier alpha value is -3.47. The van der Waals surface area contributed by atoms with Crippen molar-refractivity contribution in [3.8, 4) is 5.75 Å². The number of hydrogen-bond donors (Lipinski definition) is 3. The Labute approximate surface area is 217 Å². The number of nitrogens with zero attached hydrogens (tertiary/aromatic N) is 3. The van der Waals surface area contributed by atoms with Crippen LogP contribution in [0.5, 0.6) is 5.75 Å². The van der Waals surface area contributed by atoms with Gasteiger partial charge in [-0.15, -0.1) is 11.6 Å². The molecule has 0 spiro atoms. The van der Waals surface area contributed by atoms with Gasteiger partial charge < -0.3 is 20.6 Å². The molecule has 1 aromatic heterocycles. The van der Waals surface area contributed by atoms with Gasteiger partial charge >= 0.3 is 11.8 Å². The summed E-state index contributed by atoms with van der Waals surface area (Å²) in [5.74, 6) is -3.30. The molecule has 3 heterocycles. The Balaban J connectivity index is 1.74. The largest absolute Gasteiger partial charge is 0.501 e.